The molecule has 0 radical (unpaired) electrons. The lowest BCUT2D eigenvalue weighted by Crippen LogP contribution is -2.28. The minimum absolute atomic E-state index is 0.640. The SMILES string of the molecule is CC(C)=C=CC(=Nc1ccccc1)O[Si](C)(C)C. The molecule has 1 rings (SSSR count). The second kappa shape index (κ2) is 6.38. The summed E-state index contributed by atoms with van der Waals surface area (Å²) in [6, 6.07) is 9.84. The molecule has 0 aliphatic rings. The molecule has 96 valence electrons. The summed E-state index contributed by atoms with van der Waals surface area (Å²) < 4.78 is 5.95. The highest BCUT2D eigenvalue weighted by Gasteiger charge is 2.17. The largest absolute Gasteiger partial charge is 0.531 e. The van der Waals surface area contributed by atoms with Gasteiger partial charge in [-0.05, 0) is 51.2 Å². The van der Waals surface area contributed by atoms with E-state index < -0.39 is 8.32 Å². The van der Waals surface area contributed by atoms with Gasteiger partial charge in [-0.3, -0.25) is 0 Å². The molecule has 0 aliphatic heterocycles. The number of para-hydroxylation sites is 1. The van der Waals surface area contributed by atoms with Crippen LogP contribution < -0.4 is 0 Å². The highest BCUT2D eigenvalue weighted by Crippen LogP contribution is 2.13. The standard InChI is InChI=1S/C15H21NOSi/c1-13(2)11-12-15(17-18(3,4)5)16-14-9-7-6-8-10-14/h6-10,12H,1-5H3. The second-order valence-electron chi connectivity index (χ2n) is 5.29. The van der Waals surface area contributed by atoms with Gasteiger partial charge in [-0.2, -0.15) is 0 Å². The molecule has 0 amide bonds. The zero-order valence-electron chi connectivity index (χ0n) is 11.8. The number of aliphatic imine (C=N–C) groups is 1. The average molecular weight is 259 g/mol. The van der Waals surface area contributed by atoms with Crippen LogP contribution in [0.1, 0.15) is 13.8 Å². The Morgan fingerprint density at radius 1 is 1.17 bits per heavy atom. The van der Waals surface area contributed by atoms with E-state index >= 15 is 0 Å². The van der Waals surface area contributed by atoms with Crippen LogP contribution >= 0.6 is 0 Å². The van der Waals surface area contributed by atoms with Crippen LogP contribution in [0.15, 0.2) is 52.7 Å². The maximum atomic E-state index is 5.95. The molecule has 0 saturated heterocycles. The van der Waals surface area contributed by atoms with Crippen molar-refractivity contribution in [1.29, 1.82) is 0 Å². The molecule has 0 heterocycles. The van der Waals surface area contributed by atoms with E-state index in [1.807, 2.05) is 50.3 Å². The fraction of sp³-hybridized carbons (Fsp3) is 0.333. The fourth-order valence-electron chi connectivity index (χ4n) is 1.23. The van der Waals surface area contributed by atoms with E-state index in [2.05, 4.69) is 30.4 Å². The molecule has 0 bridgehead atoms. The molecule has 0 aromatic heterocycles. The third kappa shape index (κ3) is 6.23. The van der Waals surface area contributed by atoms with Crippen LogP contribution in [0, 0.1) is 0 Å². The normalized spacial score (nSPS) is 11.7. The van der Waals surface area contributed by atoms with Gasteiger partial charge in [0.25, 0.3) is 0 Å². The summed E-state index contributed by atoms with van der Waals surface area (Å²) in [5.41, 5.74) is 5.15. The maximum Gasteiger partial charge on any atom is 0.244 e. The summed E-state index contributed by atoms with van der Waals surface area (Å²) in [6.07, 6.45) is 1.82. The van der Waals surface area contributed by atoms with Crippen LogP contribution in [0.4, 0.5) is 5.69 Å². The third-order valence-corrected chi connectivity index (χ3v) is 2.71. The van der Waals surface area contributed by atoms with Gasteiger partial charge in [0.15, 0.2) is 0 Å². The first-order chi connectivity index (χ1) is 8.37. The summed E-state index contributed by atoms with van der Waals surface area (Å²) in [7, 11) is -1.66. The summed E-state index contributed by atoms with van der Waals surface area (Å²) >= 11 is 0. The molecule has 0 fully saturated rings. The predicted octanol–water partition coefficient (Wildman–Crippen LogP) is 4.69. The Morgan fingerprint density at radius 2 is 1.78 bits per heavy atom. The zero-order valence-corrected chi connectivity index (χ0v) is 12.8. The zero-order chi connectivity index (χ0) is 13.6. The van der Waals surface area contributed by atoms with Gasteiger partial charge in [-0.25, -0.2) is 4.99 Å². The monoisotopic (exact) mass is 259 g/mol. The second-order valence-corrected chi connectivity index (χ2v) is 9.72. The molecular weight excluding hydrogens is 238 g/mol. The first-order valence-corrected chi connectivity index (χ1v) is 9.50. The van der Waals surface area contributed by atoms with Gasteiger partial charge in [0.05, 0.1) is 5.69 Å². The quantitative estimate of drug-likeness (QED) is 0.334. The molecule has 1 aromatic rings. The van der Waals surface area contributed by atoms with E-state index in [1.165, 1.54) is 0 Å². The summed E-state index contributed by atoms with van der Waals surface area (Å²) in [4.78, 5) is 4.51. The minimum atomic E-state index is -1.66. The predicted molar refractivity (Wildman–Crippen MR) is 80.9 cm³/mol. The van der Waals surface area contributed by atoms with Crippen LogP contribution in [-0.2, 0) is 4.43 Å². The Kier molecular flexibility index (Phi) is 5.14. The van der Waals surface area contributed by atoms with Crippen molar-refractivity contribution in [3.63, 3.8) is 0 Å². The lowest BCUT2D eigenvalue weighted by Gasteiger charge is -2.18. The summed E-state index contributed by atoms with van der Waals surface area (Å²) in [5.74, 6) is 0.640. The third-order valence-electron chi connectivity index (χ3n) is 1.89. The van der Waals surface area contributed by atoms with Gasteiger partial charge in [-0.15, -0.1) is 5.73 Å². The molecule has 3 heteroatoms. The van der Waals surface area contributed by atoms with Crippen molar-refractivity contribution in [2.24, 2.45) is 4.99 Å². The molecule has 0 atom stereocenters. The lowest BCUT2D eigenvalue weighted by molar-refractivity contribution is 0.557. The van der Waals surface area contributed by atoms with Crippen LogP contribution in [0.25, 0.3) is 0 Å². The number of hydrogen-bond acceptors (Lipinski definition) is 2. The summed E-state index contributed by atoms with van der Waals surface area (Å²) in [5, 5.41) is 0. The van der Waals surface area contributed by atoms with Crippen molar-refractivity contribution in [2.75, 3.05) is 0 Å². The lowest BCUT2D eigenvalue weighted by atomic mass is 10.3. The van der Waals surface area contributed by atoms with Crippen molar-refractivity contribution >= 4 is 19.9 Å². The highest BCUT2D eigenvalue weighted by molar-refractivity contribution is 6.71. The van der Waals surface area contributed by atoms with Crippen molar-refractivity contribution in [2.45, 2.75) is 33.5 Å². The van der Waals surface area contributed by atoms with Gasteiger partial charge in [0.2, 0.25) is 14.2 Å². The molecule has 0 spiro atoms. The Labute approximate surface area is 111 Å². The van der Waals surface area contributed by atoms with Gasteiger partial charge < -0.3 is 4.43 Å². The summed E-state index contributed by atoms with van der Waals surface area (Å²) in [6.45, 7) is 10.4. The van der Waals surface area contributed by atoms with E-state index in [9.17, 15) is 0 Å². The Morgan fingerprint density at radius 3 is 2.28 bits per heavy atom. The first-order valence-electron chi connectivity index (χ1n) is 6.09. The number of hydrogen-bond donors (Lipinski definition) is 0. The van der Waals surface area contributed by atoms with Gasteiger partial charge in [0, 0.05) is 6.08 Å². The molecule has 18 heavy (non-hydrogen) atoms. The van der Waals surface area contributed by atoms with Crippen molar-refractivity contribution < 1.29 is 4.43 Å². The van der Waals surface area contributed by atoms with E-state index in [0.717, 1.165) is 11.3 Å². The molecule has 2 nitrogen and oxygen atoms in total. The molecule has 0 unspecified atom stereocenters. The number of nitrogens with zero attached hydrogens (tertiary/aromatic N) is 1. The average Bonchev–Trinajstić information content (AvgIpc) is 2.25. The van der Waals surface area contributed by atoms with E-state index in [4.69, 9.17) is 4.43 Å². The fourth-order valence-corrected chi connectivity index (χ4v) is 1.97. The Balaban J connectivity index is 3.05. The van der Waals surface area contributed by atoms with Gasteiger partial charge in [-0.1, -0.05) is 18.2 Å². The van der Waals surface area contributed by atoms with Gasteiger partial charge in [0.1, 0.15) is 0 Å². The first kappa shape index (κ1) is 14.5. The topological polar surface area (TPSA) is 21.6 Å². The molecule has 0 aliphatic carbocycles. The minimum Gasteiger partial charge on any atom is -0.531 e. The van der Waals surface area contributed by atoms with Crippen LogP contribution in [0.3, 0.4) is 0 Å². The number of rotatable bonds is 3. The smallest absolute Gasteiger partial charge is 0.244 e. The van der Waals surface area contributed by atoms with E-state index in [0.29, 0.717) is 5.90 Å². The van der Waals surface area contributed by atoms with E-state index in [1.54, 1.807) is 0 Å². The van der Waals surface area contributed by atoms with Crippen molar-refractivity contribution in [3.05, 3.63) is 47.7 Å². The molecule has 0 saturated carbocycles. The highest BCUT2D eigenvalue weighted by atomic mass is 28.4. The Hall–Kier alpha value is -1.57. The molecular formula is C15H21NOSi. The molecule has 1 aromatic carbocycles. The van der Waals surface area contributed by atoms with Gasteiger partial charge >= 0.3 is 0 Å². The van der Waals surface area contributed by atoms with Crippen LogP contribution in [0.5, 0.6) is 0 Å². The maximum absolute atomic E-state index is 5.95. The number of benzene rings is 1. The van der Waals surface area contributed by atoms with Crippen molar-refractivity contribution in [3.8, 4) is 0 Å². The molecule has 0 N–H and O–H groups in total. The van der Waals surface area contributed by atoms with Crippen molar-refractivity contribution in [1.82, 2.24) is 0 Å². The van der Waals surface area contributed by atoms with E-state index in [-0.39, 0.29) is 0 Å². The Bertz CT molecular complexity index is 473. The van der Waals surface area contributed by atoms with Crippen LogP contribution in [-0.4, -0.2) is 14.2 Å². The van der Waals surface area contributed by atoms with Crippen LogP contribution in [0.2, 0.25) is 19.6 Å².